The lowest BCUT2D eigenvalue weighted by molar-refractivity contribution is 0.563. The lowest BCUT2D eigenvalue weighted by Gasteiger charge is -2.12. The van der Waals surface area contributed by atoms with Gasteiger partial charge < -0.3 is 10.3 Å². The van der Waals surface area contributed by atoms with Crippen LogP contribution in [-0.4, -0.2) is 4.57 Å². The fourth-order valence-electron chi connectivity index (χ4n) is 1.89. The fourth-order valence-corrected chi connectivity index (χ4v) is 1.89. The third kappa shape index (κ3) is 2.79. The topological polar surface area (TPSA) is 54.7 Å². The Bertz CT molecular complexity index is 383. The van der Waals surface area contributed by atoms with E-state index in [4.69, 9.17) is 11.0 Å². The van der Waals surface area contributed by atoms with Gasteiger partial charge in [-0.15, -0.1) is 0 Å². The Morgan fingerprint density at radius 1 is 1.50 bits per heavy atom. The molecule has 0 radical (unpaired) electrons. The van der Waals surface area contributed by atoms with Crippen molar-refractivity contribution < 1.29 is 0 Å². The van der Waals surface area contributed by atoms with E-state index in [1.165, 1.54) is 0 Å². The second-order valence-electron chi connectivity index (χ2n) is 4.65. The first kappa shape index (κ1) is 12.6. The molecule has 2 N–H and O–H groups in total. The molecule has 1 rings (SSSR count). The van der Waals surface area contributed by atoms with Gasteiger partial charge in [0.05, 0.1) is 5.69 Å². The molecule has 0 saturated carbocycles. The lowest BCUT2D eigenvalue weighted by atomic mass is 10.1. The van der Waals surface area contributed by atoms with Gasteiger partial charge in [-0.2, -0.15) is 5.26 Å². The summed E-state index contributed by atoms with van der Waals surface area (Å²) < 4.78 is 2.08. The van der Waals surface area contributed by atoms with Crippen molar-refractivity contribution in [3.63, 3.8) is 0 Å². The predicted molar refractivity (Wildman–Crippen MR) is 67.0 cm³/mol. The fraction of sp³-hybridized carbons (Fsp3) is 0.615. The van der Waals surface area contributed by atoms with E-state index in [2.05, 4.69) is 31.4 Å². The van der Waals surface area contributed by atoms with E-state index < -0.39 is 0 Å². The van der Waals surface area contributed by atoms with Crippen LogP contribution in [0.5, 0.6) is 0 Å². The first-order valence-electron chi connectivity index (χ1n) is 5.98. The minimum atomic E-state index is 0.559. The van der Waals surface area contributed by atoms with Crippen LogP contribution in [0, 0.1) is 17.2 Å². The molecule has 0 aliphatic rings. The zero-order valence-electron chi connectivity index (χ0n) is 10.5. The molecule has 88 valence electrons. The highest BCUT2D eigenvalue weighted by molar-refractivity contribution is 5.50. The normalized spacial score (nSPS) is 10.7. The zero-order chi connectivity index (χ0) is 12.1. The Hall–Kier alpha value is -1.43. The SMILES string of the molecule is CCCCn1c(C#N)cc(N)c1CC(C)C. The quantitative estimate of drug-likeness (QED) is 0.827. The molecular formula is C13H21N3. The van der Waals surface area contributed by atoms with E-state index in [-0.39, 0.29) is 0 Å². The molecule has 0 aliphatic heterocycles. The minimum Gasteiger partial charge on any atom is -0.397 e. The smallest absolute Gasteiger partial charge is 0.122 e. The molecule has 0 bridgehead atoms. The van der Waals surface area contributed by atoms with E-state index in [1.54, 1.807) is 6.07 Å². The molecule has 3 nitrogen and oxygen atoms in total. The Morgan fingerprint density at radius 3 is 2.69 bits per heavy atom. The second-order valence-corrected chi connectivity index (χ2v) is 4.65. The van der Waals surface area contributed by atoms with Crippen molar-refractivity contribution in [2.24, 2.45) is 5.92 Å². The largest absolute Gasteiger partial charge is 0.397 e. The number of anilines is 1. The maximum Gasteiger partial charge on any atom is 0.122 e. The zero-order valence-corrected chi connectivity index (χ0v) is 10.5. The Balaban J connectivity index is 3.03. The van der Waals surface area contributed by atoms with Gasteiger partial charge in [0.15, 0.2) is 0 Å². The van der Waals surface area contributed by atoms with Gasteiger partial charge in [0.2, 0.25) is 0 Å². The van der Waals surface area contributed by atoms with Crippen LogP contribution < -0.4 is 5.73 Å². The van der Waals surface area contributed by atoms with Crippen LogP contribution in [0.1, 0.15) is 45.0 Å². The third-order valence-electron chi connectivity index (χ3n) is 2.69. The van der Waals surface area contributed by atoms with Gasteiger partial charge in [0.1, 0.15) is 11.8 Å². The average Bonchev–Trinajstić information content (AvgIpc) is 2.52. The van der Waals surface area contributed by atoms with E-state index in [0.717, 1.165) is 37.2 Å². The number of nitrogen functional groups attached to an aromatic ring is 1. The van der Waals surface area contributed by atoms with Crippen molar-refractivity contribution in [2.75, 3.05) is 5.73 Å². The molecule has 0 spiro atoms. The van der Waals surface area contributed by atoms with Gasteiger partial charge in [-0.1, -0.05) is 27.2 Å². The Labute approximate surface area is 97.9 Å². The average molecular weight is 219 g/mol. The van der Waals surface area contributed by atoms with Crippen molar-refractivity contribution in [1.82, 2.24) is 4.57 Å². The molecule has 0 aliphatic carbocycles. The summed E-state index contributed by atoms with van der Waals surface area (Å²) in [7, 11) is 0. The number of nitriles is 1. The van der Waals surface area contributed by atoms with Gasteiger partial charge in [0.25, 0.3) is 0 Å². The first-order chi connectivity index (χ1) is 7.60. The van der Waals surface area contributed by atoms with Gasteiger partial charge in [-0.3, -0.25) is 0 Å². The molecule has 0 aromatic carbocycles. The number of nitrogens with zero attached hydrogens (tertiary/aromatic N) is 2. The number of nitrogens with two attached hydrogens (primary N) is 1. The van der Waals surface area contributed by atoms with Gasteiger partial charge in [-0.05, 0) is 24.8 Å². The Kier molecular flexibility index (Phi) is 4.42. The molecule has 0 amide bonds. The van der Waals surface area contributed by atoms with E-state index in [1.807, 2.05) is 0 Å². The highest BCUT2D eigenvalue weighted by Gasteiger charge is 2.13. The summed E-state index contributed by atoms with van der Waals surface area (Å²) in [4.78, 5) is 0. The van der Waals surface area contributed by atoms with E-state index >= 15 is 0 Å². The summed E-state index contributed by atoms with van der Waals surface area (Å²) in [5.41, 5.74) is 8.55. The van der Waals surface area contributed by atoms with Gasteiger partial charge in [0, 0.05) is 12.2 Å². The number of hydrogen-bond donors (Lipinski definition) is 1. The third-order valence-corrected chi connectivity index (χ3v) is 2.69. The number of rotatable bonds is 5. The molecule has 0 fully saturated rings. The van der Waals surface area contributed by atoms with Crippen LogP contribution in [0.4, 0.5) is 5.69 Å². The molecular weight excluding hydrogens is 198 g/mol. The predicted octanol–water partition coefficient (Wildman–Crippen LogP) is 2.94. The number of hydrogen-bond acceptors (Lipinski definition) is 2. The van der Waals surface area contributed by atoms with Crippen molar-refractivity contribution in [2.45, 2.75) is 46.6 Å². The van der Waals surface area contributed by atoms with Crippen LogP contribution in [0.15, 0.2) is 6.07 Å². The summed E-state index contributed by atoms with van der Waals surface area (Å²) in [6.07, 6.45) is 3.16. The maximum absolute atomic E-state index is 9.06. The van der Waals surface area contributed by atoms with Crippen molar-refractivity contribution >= 4 is 5.69 Å². The highest BCUT2D eigenvalue weighted by atomic mass is 15.0. The monoisotopic (exact) mass is 219 g/mol. The van der Waals surface area contributed by atoms with Crippen LogP contribution in [-0.2, 0) is 13.0 Å². The summed E-state index contributed by atoms with van der Waals surface area (Å²) >= 11 is 0. The maximum atomic E-state index is 9.06. The Morgan fingerprint density at radius 2 is 2.19 bits per heavy atom. The first-order valence-corrected chi connectivity index (χ1v) is 5.98. The van der Waals surface area contributed by atoms with Crippen molar-refractivity contribution in [1.29, 1.82) is 5.26 Å². The van der Waals surface area contributed by atoms with E-state index in [0.29, 0.717) is 11.6 Å². The molecule has 16 heavy (non-hydrogen) atoms. The highest BCUT2D eigenvalue weighted by Crippen LogP contribution is 2.22. The minimum absolute atomic E-state index is 0.559. The van der Waals surface area contributed by atoms with Crippen LogP contribution in [0.25, 0.3) is 0 Å². The molecule has 3 heteroatoms. The summed E-state index contributed by atoms with van der Waals surface area (Å²) in [6, 6.07) is 4.02. The second kappa shape index (κ2) is 5.60. The molecule has 1 aromatic heterocycles. The van der Waals surface area contributed by atoms with E-state index in [9.17, 15) is 0 Å². The molecule has 0 atom stereocenters. The van der Waals surface area contributed by atoms with Gasteiger partial charge >= 0.3 is 0 Å². The van der Waals surface area contributed by atoms with Crippen LogP contribution >= 0.6 is 0 Å². The molecule has 0 saturated heterocycles. The number of unbranched alkanes of at least 4 members (excludes halogenated alkanes) is 1. The summed E-state index contributed by atoms with van der Waals surface area (Å²) in [5, 5.41) is 9.06. The molecule has 1 aromatic rings. The summed E-state index contributed by atoms with van der Waals surface area (Å²) in [6.45, 7) is 7.39. The van der Waals surface area contributed by atoms with Crippen LogP contribution in [0.3, 0.4) is 0 Å². The molecule has 1 heterocycles. The standard InChI is InChI=1S/C13H21N3/c1-4-5-6-16-11(9-14)8-12(15)13(16)7-10(2)3/h8,10H,4-7,15H2,1-3H3. The van der Waals surface area contributed by atoms with Crippen molar-refractivity contribution in [3.05, 3.63) is 17.5 Å². The number of aromatic nitrogens is 1. The van der Waals surface area contributed by atoms with Gasteiger partial charge in [-0.25, -0.2) is 0 Å². The molecule has 0 unspecified atom stereocenters. The summed E-state index contributed by atoms with van der Waals surface area (Å²) in [5.74, 6) is 0.559. The van der Waals surface area contributed by atoms with Crippen LogP contribution in [0.2, 0.25) is 0 Å². The lowest BCUT2D eigenvalue weighted by Crippen LogP contribution is -2.09. The van der Waals surface area contributed by atoms with Crippen molar-refractivity contribution in [3.8, 4) is 6.07 Å².